The molecule has 0 radical (unpaired) electrons. The van der Waals surface area contributed by atoms with E-state index in [0.29, 0.717) is 27.4 Å². The van der Waals surface area contributed by atoms with Crippen molar-refractivity contribution >= 4 is 30.7 Å². The number of imide groups is 1. The Morgan fingerprint density at radius 1 is 0.854 bits per heavy atom. The van der Waals surface area contributed by atoms with E-state index in [1.165, 1.54) is 14.2 Å². The van der Waals surface area contributed by atoms with E-state index in [9.17, 15) is 14.4 Å². The number of nitrogens with zero attached hydrogens (tertiary/aromatic N) is 1. The third-order valence-electron chi connectivity index (χ3n) is 6.62. The molecule has 1 aliphatic heterocycles. The minimum absolute atomic E-state index is 0.0157. The summed E-state index contributed by atoms with van der Waals surface area (Å²) in [4.78, 5) is 41.0. The number of methoxy groups -OCH3 is 2. The van der Waals surface area contributed by atoms with Crippen LogP contribution in [-0.2, 0) is 34.7 Å². The number of hydrogen-bond donors (Lipinski definition) is 0. The molecule has 0 aromatic heterocycles. The zero-order chi connectivity index (χ0) is 31.6. The molecule has 1 atom stereocenters. The molecule has 12 heteroatoms. The van der Waals surface area contributed by atoms with Crippen molar-refractivity contribution in [1.82, 2.24) is 4.90 Å². The summed E-state index contributed by atoms with van der Waals surface area (Å²) in [6, 6.07) is 1.90. The largest absolute Gasteiger partial charge is 0.495 e. The molecular formula is C29H46BNO10. The number of esters is 1. The maximum absolute atomic E-state index is 13.5. The van der Waals surface area contributed by atoms with Crippen LogP contribution < -0.4 is 14.9 Å². The van der Waals surface area contributed by atoms with Crippen LogP contribution in [0, 0.1) is 0 Å². The van der Waals surface area contributed by atoms with Gasteiger partial charge in [0, 0.05) is 6.42 Å². The standard InChI is InChI=1S/C29H46BNO10/c1-14-37-23(32)20(31(24(33)38-26(2,3)4)25(34)39-27(5,6)7)15-18-16-21(35-12)22(36-13)17-19(18)30-40-28(8,9)29(10,11)41-30/h16-17,20H,14-15H2,1-13H3. The van der Waals surface area contributed by atoms with E-state index in [4.69, 9.17) is 33.0 Å². The van der Waals surface area contributed by atoms with Crippen LogP contribution in [0.15, 0.2) is 12.1 Å². The average molecular weight is 579 g/mol. The Hall–Kier alpha value is -2.99. The Morgan fingerprint density at radius 3 is 1.68 bits per heavy atom. The molecule has 1 saturated heterocycles. The van der Waals surface area contributed by atoms with Crippen LogP contribution in [0.5, 0.6) is 11.5 Å². The highest BCUT2D eigenvalue weighted by Crippen LogP contribution is 2.38. The van der Waals surface area contributed by atoms with Crippen molar-refractivity contribution in [1.29, 1.82) is 0 Å². The van der Waals surface area contributed by atoms with Gasteiger partial charge in [-0.1, -0.05) is 0 Å². The van der Waals surface area contributed by atoms with Gasteiger partial charge < -0.3 is 33.0 Å². The Labute approximate surface area is 244 Å². The second-order valence-corrected chi connectivity index (χ2v) is 12.8. The molecule has 2 rings (SSSR count). The highest BCUT2D eigenvalue weighted by atomic mass is 16.7. The van der Waals surface area contributed by atoms with E-state index in [-0.39, 0.29) is 13.0 Å². The molecule has 0 saturated carbocycles. The molecule has 1 aromatic carbocycles. The van der Waals surface area contributed by atoms with Crippen LogP contribution in [0.3, 0.4) is 0 Å². The van der Waals surface area contributed by atoms with Gasteiger partial charge in [0.1, 0.15) is 17.2 Å². The summed E-state index contributed by atoms with van der Waals surface area (Å²) < 4.78 is 40.1. The van der Waals surface area contributed by atoms with Crippen LogP contribution in [-0.4, -0.2) is 79.4 Å². The normalized spacial score (nSPS) is 17.0. The number of amides is 2. The number of benzene rings is 1. The van der Waals surface area contributed by atoms with Gasteiger partial charge >= 0.3 is 25.3 Å². The van der Waals surface area contributed by atoms with Gasteiger partial charge in [-0.2, -0.15) is 4.90 Å². The van der Waals surface area contributed by atoms with Crippen LogP contribution in [0.4, 0.5) is 9.59 Å². The molecular weight excluding hydrogens is 533 g/mol. The van der Waals surface area contributed by atoms with Crippen LogP contribution >= 0.6 is 0 Å². The number of rotatable bonds is 8. The van der Waals surface area contributed by atoms with Crippen molar-refractivity contribution in [3.63, 3.8) is 0 Å². The lowest BCUT2D eigenvalue weighted by Crippen LogP contribution is -2.54. The topological polar surface area (TPSA) is 119 Å². The minimum atomic E-state index is -1.46. The molecule has 1 fully saturated rings. The van der Waals surface area contributed by atoms with Crippen LogP contribution in [0.25, 0.3) is 0 Å². The molecule has 0 spiro atoms. The van der Waals surface area contributed by atoms with Gasteiger partial charge in [-0.15, -0.1) is 0 Å². The minimum Gasteiger partial charge on any atom is -0.493 e. The molecule has 230 valence electrons. The Morgan fingerprint density at radius 2 is 1.29 bits per heavy atom. The molecule has 1 aromatic rings. The highest BCUT2D eigenvalue weighted by molar-refractivity contribution is 6.62. The van der Waals surface area contributed by atoms with Crippen molar-refractivity contribution in [3.8, 4) is 11.5 Å². The lowest BCUT2D eigenvalue weighted by Gasteiger charge is -2.32. The molecule has 11 nitrogen and oxygen atoms in total. The predicted octanol–water partition coefficient (Wildman–Crippen LogP) is 4.65. The first-order valence-electron chi connectivity index (χ1n) is 13.7. The molecule has 41 heavy (non-hydrogen) atoms. The molecule has 1 aliphatic rings. The van der Waals surface area contributed by atoms with E-state index >= 15 is 0 Å². The van der Waals surface area contributed by atoms with E-state index in [0.717, 1.165) is 0 Å². The van der Waals surface area contributed by atoms with Gasteiger partial charge in [0.05, 0.1) is 32.0 Å². The van der Waals surface area contributed by atoms with Crippen molar-refractivity contribution in [3.05, 3.63) is 17.7 Å². The number of ether oxygens (including phenoxy) is 5. The zero-order valence-electron chi connectivity index (χ0n) is 26.8. The quantitative estimate of drug-likeness (QED) is 0.245. The van der Waals surface area contributed by atoms with Gasteiger partial charge in [-0.05, 0) is 99.3 Å². The summed E-state index contributed by atoms with van der Waals surface area (Å²) in [6.07, 6.45) is -2.29. The fourth-order valence-corrected chi connectivity index (χ4v) is 3.98. The maximum atomic E-state index is 13.5. The highest BCUT2D eigenvalue weighted by Gasteiger charge is 2.53. The van der Waals surface area contributed by atoms with E-state index < -0.39 is 53.7 Å². The second-order valence-electron chi connectivity index (χ2n) is 12.8. The summed E-state index contributed by atoms with van der Waals surface area (Å²) in [6.45, 7) is 19.3. The fraction of sp³-hybridized carbons (Fsp3) is 0.690. The van der Waals surface area contributed by atoms with Crippen molar-refractivity contribution in [2.24, 2.45) is 0 Å². The van der Waals surface area contributed by atoms with Crippen LogP contribution in [0.2, 0.25) is 0 Å². The first-order chi connectivity index (χ1) is 18.7. The van der Waals surface area contributed by atoms with Gasteiger partial charge in [0.25, 0.3) is 0 Å². The Kier molecular flexibility index (Phi) is 10.4. The summed E-state index contributed by atoms with van der Waals surface area (Å²) >= 11 is 0. The smallest absolute Gasteiger partial charge is 0.493 e. The predicted molar refractivity (Wildman–Crippen MR) is 154 cm³/mol. The molecule has 1 heterocycles. The first-order valence-corrected chi connectivity index (χ1v) is 13.7. The monoisotopic (exact) mass is 579 g/mol. The van der Waals surface area contributed by atoms with Crippen molar-refractivity contribution in [2.75, 3.05) is 20.8 Å². The lowest BCUT2D eigenvalue weighted by atomic mass is 9.74. The molecule has 1 unspecified atom stereocenters. The van der Waals surface area contributed by atoms with Crippen molar-refractivity contribution in [2.45, 2.75) is 111 Å². The van der Waals surface area contributed by atoms with E-state index in [1.807, 2.05) is 27.7 Å². The average Bonchev–Trinajstić information content (AvgIpc) is 3.02. The number of carbonyl (C=O) groups excluding carboxylic acids is 3. The number of carbonyl (C=O) groups is 3. The Balaban J connectivity index is 2.74. The van der Waals surface area contributed by atoms with Gasteiger partial charge in [0.2, 0.25) is 0 Å². The number of hydrogen-bond acceptors (Lipinski definition) is 10. The van der Waals surface area contributed by atoms with Crippen LogP contribution in [0.1, 0.15) is 81.7 Å². The molecule has 2 amide bonds. The van der Waals surface area contributed by atoms with Crippen molar-refractivity contribution < 1.29 is 47.4 Å². The maximum Gasteiger partial charge on any atom is 0.495 e. The summed E-state index contributed by atoms with van der Waals surface area (Å²) in [7, 11) is 2.13. The third kappa shape index (κ3) is 8.51. The SMILES string of the molecule is CCOC(=O)C(Cc1cc(OC)c(OC)cc1B1OC(C)(C)C(C)(C)O1)N(C(=O)OC(C)(C)C)C(=O)OC(C)(C)C. The first kappa shape index (κ1) is 34.2. The lowest BCUT2D eigenvalue weighted by molar-refractivity contribution is -0.149. The zero-order valence-corrected chi connectivity index (χ0v) is 26.8. The van der Waals surface area contributed by atoms with E-state index in [2.05, 4.69) is 0 Å². The second kappa shape index (κ2) is 12.5. The molecule has 0 bridgehead atoms. The van der Waals surface area contributed by atoms with E-state index in [1.54, 1.807) is 60.6 Å². The summed E-state index contributed by atoms with van der Waals surface area (Å²) in [5, 5.41) is 0. The summed E-state index contributed by atoms with van der Waals surface area (Å²) in [5.41, 5.74) is -2.23. The van der Waals surface area contributed by atoms with Gasteiger partial charge in [-0.3, -0.25) is 0 Å². The Bertz CT molecular complexity index is 1080. The third-order valence-corrected chi connectivity index (χ3v) is 6.62. The fourth-order valence-electron chi connectivity index (χ4n) is 3.98. The summed E-state index contributed by atoms with van der Waals surface area (Å²) in [5.74, 6) is -0.0462. The van der Waals surface area contributed by atoms with Gasteiger partial charge in [0.15, 0.2) is 11.5 Å². The molecule has 0 aliphatic carbocycles. The van der Waals surface area contributed by atoms with Gasteiger partial charge in [-0.25, -0.2) is 14.4 Å². The molecule has 0 N–H and O–H groups in total.